The first kappa shape index (κ1) is 14.6. The Bertz CT molecular complexity index is 623. The quantitative estimate of drug-likeness (QED) is 0.902. The van der Waals surface area contributed by atoms with Crippen LogP contribution in [0.1, 0.15) is 24.2 Å². The lowest BCUT2D eigenvalue weighted by Gasteiger charge is -2.15. The van der Waals surface area contributed by atoms with Gasteiger partial charge in [0.15, 0.2) is 0 Å². The number of hydrogen-bond donors (Lipinski definition) is 2. The van der Waals surface area contributed by atoms with Crippen molar-refractivity contribution in [3.63, 3.8) is 0 Å². The number of rotatable bonds is 3. The summed E-state index contributed by atoms with van der Waals surface area (Å²) in [5.74, 6) is 0.668. The van der Waals surface area contributed by atoms with E-state index in [0.29, 0.717) is 5.82 Å². The van der Waals surface area contributed by atoms with Gasteiger partial charge < -0.3 is 5.32 Å². The number of aromatic nitrogens is 2. The topological polar surface area (TPSA) is 59.0 Å². The van der Waals surface area contributed by atoms with Gasteiger partial charge in [-0.1, -0.05) is 28.1 Å². The average Bonchev–Trinajstić information content (AvgIpc) is 2.67. The first-order chi connectivity index (χ1) is 9.45. The van der Waals surface area contributed by atoms with Gasteiger partial charge in [0.2, 0.25) is 0 Å². The van der Waals surface area contributed by atoms with Gasteiger partial charge in [0.05, 0.1) is 11.7 Å². The Morgan fingerprint density at radius 3 is 2.75 bits per heavy atom. The zero-order valence-corrected chi connectivity index (χ0v) is 13.2. The standard InChI is InChI=1S/C14H17BrN4O/c1-9-7-13(19(3)18-9)17-14(20)16-10(2)11-5-4-6-12(15)8-11/h4-8,10H,1-3H3,(H2,16,17,20)/t10-/m1/s1. The van der Waals surface area contributed by atoms with Crippen molar-refractivity contribution >= 4 is 27.8 Å². The largest absolute Gasteiger partial charge is 0.331 e. The third-order valence-corrected chi connectivity index (χ3v) is 3.43. The maximum absolute atomic E-state index is 12.0. The molecular formula is C14H17BrN4O. The Hall–Kier alpha value is -1.82. The number of urea groups is 1. The number of carbonyl (C=O) groups is 1. The molecule has 0 unspecified atom stereocenters. The Morgan fingerprint density at radius 1 is 1.40 bits per heavy atom. The molecule has 6 heteroatoms. The van der Waals surface area contributed by atoms with E-state index in [1.165, 1.54) is 0 Å². The predicted octanol–water partition coefficient (Wildman–Crippen LogP) is 3.37. The van der Waals surface area contributed by atoms with Crippen LogP contribution in [0.3, 0.4) is 0 Å². The molecule has 2 aromatic rings. The molecule has 2 rings (SSSR count). The number of aryl methyl sites for hydroxylation is 2. The third kappa shape index (κ3) is 3.60. The summed E-state index contributed by atoms with van der Waals surface area (Å²) < 4.78 is 2.63. The van der Waals surface area contributed by atoms with E-state index in [0.717, 1.165) is 15.7 Å². The Kier molecular flexibility index (Phi) is 4.44. The van der Waals surface area contributed by atoms with Crippen molar-refractivity contribution in [2.24, 2.45) is 7.05 Å². The van der Waals surface area contributed by atoms with E-state index in [9.17, 15) is 4.79 Å². The summed E-state index contributed by atoms with van der Waals surface area (Å²) in [6.07, 6.45) is 0. The molecule has 1 aromatic heterocycles. The second kappa shape index (κ2) is 6.09. The highest BCUT2D eigenvalue weighted by Gasteiger charge is 2.11. The SMILES string of the molecule is Cc1cc(NC(=O)N[C@H](C)c2cccc(Br)c2)n(C)n1. The van der Waals surface area contributed by atoms with E-state index in [4.69, 9.17) is 0 Å². The van der Waals surface area contributed by atoms with Crippen molar-refractivity contribution in [2.45, 2.75) is 19.9 Å². The molecule has 20 heavy (non-hydrogen) atoms. The summed E-state index contributed by atoms with van der Waals surface area (Å²) in [7, 11) is 1.79. The number of nitrogens with one attached hydrogen (secondary N) is 2. The van der Waals surface area contributed by atoms with E-state index in [1.807, 2.05) is 44.2 Å². The van der Waals surface area contributed by atoms with E-state index >= 15 is 0 Å². The van der Waals surface area contributed by atoms with Crippen LogP contribution in [0.25, 0.3) is 0 Å². The van der Waals surface area contributed by atoms with Crippen LogP contribution in [0.15, 0.2) is 34.8 Å². The first-order valence-corrected chi connectivity index (χ1v) is 7.08. The highest BCUT2D eigenvalue weighted by atomic mass is 79.9. The maximum atomic E-state index is 12.0. The number of anilines is 1. The summed E-state index contributed by atoms with van der Waals surface area (Å²) >= 11 is 3.42. The second-order valence-electron chi connectivity index (χ2n) is 4.67. The van der Waals surface area contributed by atoms with Crippen LogP contribution in [0.2, 0.25) is 0 Å². The second-order valence-corrected chi connectivity index (χ2v) is 5.59. The van der Waals surface area contributed by atoms with Crippen molar-refractivity contribution in [3.8, 4) is 0 Å². The summed E-state index contributed by atoms with van der Waals surface area (Å²) in [5, 5.41) is 9.86. The minimum Gasteiger partial charge on any atom is -0.331 e. The van der Waals surface area contributed by atoms with Crippen molar-refractivity contribution in [1.29, 1.82) is 0 Å². The van der Waals surface area contributed by atoms with Gasteiger partial charge in [0.25, 0.3) is 0 Å². The smallest absolute Gasteiger partial charge is 0.320 e. The number of carbonyl (C=O) groups excluding carboxylic acids is 1. The summed E-state index contributed by atoms with van der Waals surface area (Å²) in [4.78, 5) is 12.0. The molecule has 0 saturated carbocycles. The molecular weight excluding hydrogens is 320 g/mol. The molecule has 0 aliphatic carbocycles. The van der Waals surface area contributed by atoms with Crippen LogP contribution in [0.5, 0.6) is 0 Å². The lowest BCUT2D eigenvalue weighted by Crippen LogP contribution is -2.31. The van der Waals surface area contributed by atoms with Gasteiger partial charge in [-0.15, -0.1) is 0 Å². The highest BCUT2D eigenvalue weighted by Crippen LogP contribution is 2.18. The molecule has 0 bridgehead atoms. The molecule has 106 valence electrons. The van der Waals surface area contributed by atoms with Crippen LogP contribution in [-0.4, -0.2) is 15.8 Å². The van der Waals surface area contributed by atoms with E-state index < -0.39 is 0 Å². The van der Waals surface area contributed by atoms with Crippen molar-refractivity contribution < 1.29 is 4.79 Å². The first-order valence-electron chi connectivity index (χ1n) is 6.29. The van der Waals surface area contributed by atoms with Crippen LogP contribution >= 0.6 is 15.9 Å². The molecule has 0 aliphatic rings. The van der Waals surface area contributed by atoms with Crippen LogP contribution < -0.4 is 10.6 Å². The fraction of sp³-hybridized carbons (Fsp3) is 0.286. The van der Waals surface area contributed by atoms with Crippen molar-refractivity contribution in [2.75, 3.05) is 5.32 Å². The number of benzene rings is 1. The molecule has 1 heterocycles. The Labute approximate surface area is 126 Å². The van der Waals surface area contributed by atoms with E-state index in [1.54, 1.807) is 11.7 Å². The molecule has 0 saturated heterocycles. The summed E-state index contributed by atoms with van der Waals surface area (Å²) in [5.41, 5.74) is 1.90. The fourth-order valence-corrected chi connectivity index (χ4v) is 2.35. The zero-order chi connectivity index (χ0) is 14.7. The average molecular weight is 337 g/mol. The summed E-state index contributed by atoms with van der Waals surface area (Å²) in [6.45, 7) is 3.82. The van der Waals surface area contributed by atoms with Crippen molar-refractivity contribution in [1.82, 2.24) is 15.1 Å². The van der Waals surface area contributed by atoms with E-state index in [-0.39, 0.29) is 12.1 Å². The number of nitrogens with zero attached hydrogens (tertiary/aromatic N) is 2. The third-order valence-electron chi connectivity index (χ3n) is 2.94. The molecule has 2 N–H and O–H groups in total. The number of amides is 2. The van der Waals surface area contributed by atoms with Gasteiger partial charge in [-0.25, -0.2) is 4.79 Å². The fourth-order valence-electron chi connectivity index (χ4n) is 1.94. The Morgan fingerprint density at radius 2 is 2.15 bits per heavy atom. The minimum atomic E-state index is -0.250. The summed E-state index contributed by atoms with van der Waals surface area (Å²) in [6, 6.07) is 9.35. The van der Waals surface area contributed by atoms with Crippen LogP contribution in [0, 0.1) is 6.92 Å². The lowest BCUT2D eigenvalue weighted by atomic mass is 10.1. The van der Waals surface area contributed by atoms with Gasteiger partial charge in [-0.05, 0) is 31.5 Å². The van der Waals surface area contributed by atoms with Gasteiger partial charge in [-0.2, -0.15) is 5.10 Å². The Balaban J connectivity index is 1.99. The molecule has 2 amide bonds. The highest BCUT2D eigenvalue weighted by molar-refractivity contribution is 9.10. The predicted molar refractivity (Wildman–Crippen MR) is 82.7 cm³/mol. The maximum Gasteiger partial charge on any atom is 0.320 e. The zero-order valence-electron chi connectivity index (χ0n) is 11.6. The van der Waals surface area contributed by atoms with Gasteiger partial charge in [0, 0.05) is 17.6 Å². The molecule has 1 atom stereocenters. The van der Waals surface area contributed by atoms with Crippen LogP contribution in [0.4, 0.5) is 10.6 Å². The molecule has 1 aromatic carbocycles. The monoisotopic (exact) mass is 336 g/mol. The van der Waals surface area contributed by atoms with Crippen molar-refractivity contribution in [3.05, 3.63) is 46.1 Å². The van der Waals surface area contributed by atoms with E-state index in [2.05, 4.69) is 31.7 Å². The van der Waals surface area contributed by atoms with Gasteiger partial charge >= 0.3 is 6.03 Å². The van der Waals surface area contributed by atoms with Crippen LogP contribution in [-0.2, 0) is 7.05 Å². The molecule has 0 radical (unpaired) electrons. The lowest BCUT2D eigenvalue weighted by molar-refractivity contribution is 0.249. The van der Waals surface area contributed by atoms with Gasteiger partial charge in [0.1, 0.15) is 5.82 Å². The number of hydrogen-bond acceptors (Lipinski definition) is 2. The number of halogens is 1. The normalized spacial score (nSPS) is 12.0. The molecule has 0 spiro atoms. The molecule has 5 nitrogen and oxygen atoms in total. The molecule has 0 aliphatic heterocycles. The van der Waals surface area contributed by atoms with Gasteiger partial charge in [-0.3, -0.25) is 10.00 Å². The minimum absolute atomic E-state index is 0.0816. The molecule has 0 fully saturated rings.